The van der Waals surface area contributed by atoms with E-state index in [1.54, 1.807) is 11.2 Å². The molecule has 5 nitrogen and oxygen atoms in total. The molecule has 0 aliphatic carbocycles. The van der Waals surface area contributed by atoms with E-state index >= 15 is 0 Å². The zero-order valence-corrected chi connectivity index (χ0v) is 10.7. The zero-order chi connectivity index (χ0) is 12.8. The summed E-state index contributed by atoms with van der Waals surface area (Å²) in [7, 11) is 3.72. The van der Waals surface area contributed by atoms with Crippen molar-refractivity contribution in [3.8, 4) is 0 Å². The first-order valence-corrected chi connectivity index (χ1v) is 5.06. The molecular weight excluding hydrogens is 206 g/mol. The number of amides is 1. The van der Waals surface area contributed by atoms with Gasteiger partial charge in [0.1, 0.15) is 5.60 Å². The van der Waals surface area contributed by atoms with Gasteiger partial charge in [0.25, 0.3) is 0 Å². The second-order valence-electron chi connectivity index (χ2n) is 4.63. The van der Waals surface area contributed by atoms with Gasteiger partial charge in [0.15, 0.2) is 0 Å². The van der Waals surface area contributed by atoms with Crippen molar-refractivity contribution in [2.45, 2.75) is 26.4 Å². The van der Waals surface area contributed by atoms with Crippen LogP contribution in [0.15, 0.2) is 17.3 Å². The Labute approximate surface area is 97.2 Å². The van der Waals surface area contributed by atoms with Gasteiger partial charge in [0.2, 0.25) is 0 Å². The summed E-state index contributed by atoms with van der Waals surface area (Å²) in [6.07, 6.45) is 1.16. The molecule has 0 aromatic heterocycles. The van der Waals surface area contributed by atoms with Gasteiger partial charge in [0.05, 0.1) is 18.6 Å². The smallest absolute Gasteiger partial charge is 0.407 e. The highest BCUT2D eigenvalue weighted by molar-refractivity contribution is 5.68. The van der Waals surface area contributed by atoms with Crippen molar-refractivity contribution in [1.29, 1.82) is 0 Å². The fraction of sp³-hybridized carbons (Fsp3) is 0.636. The molecule has 92 valence electrons. The van der Waals surface area contributed by atoms with Crippen LogP contribution in [0.2, 0.25) is 0 Å². The number of nitrogens with one attached hydrogen (secondary N) is 1. The van der Waals surface area contributed by atoms with Gasteiger partial charge < -0.3 is 15.0 Å². The highest BCUT2D eigenvalue weighted by Crippen LogP contribution is 2.06. The van der Waals surface area contributed by atoms with Crippen LogP contribution in [0.3, 0.4) is 0 Å². The van der Waals surface area contributed by atoms with Crippen LogP contribution < -0.4 is 5.32 Å². The first-order chi connectivity index (χ1) is 7.20. The fourth-order valence-corrected chi connectivity index (χ4v) is 0.731. The molecule has 0 aromatic rings. The predicted molar refractivity (Wildman–Crippen MR) is 65.6 cm³/mol. The number of nitrogens with zero attached hydrogens (tertiary/aromatic N) is 2. The van der Waals surface area contributed by atoms with Gasteiger partial charge in [-0.15, -0.1) is 0 Å². The summed E-state index contributed by atoms with van der Waals surface area (Å²) in [5.74, 6) is 0. The summed E-state index contributed by atoms with van der Waals surface area (Å²) in [6, 6.07) is 0. The Hall–Kier alpha value is -1.52. The minimum atomic E-state index is -0.488. The largest absolute Gasteiger partial charge is 0.444 e. The van der Waals surface area contributed by atoms with E-state index in [2.05, 4.69) is 16.9 Å². The van der Waals surface area contributed by atoms with Crippen LogP contribution in [0.1, 0.15) is 20.8 Å². The second kappa shape index (κ2) is 6.15. The van der Waals surface area contributed by atoms with Gasteiger partial charge in [0, 0.05) is 14.1 Å². The molecule has 0 heterocycles. The normalized spacial score (nSPS) is 11.3. The lowest BCUT2D eigenvalue weighted by Crippen LogP contribution is -2.33. The topological polar surface area (TPSA) is 53.9 Å². The minimum Gasteiger partial charge on any atom is -0.444 e. The van der Waals surface area contributed by atoms with E-state index in [4.69, 9.17) is 4.74 Å². The van der Waals surface area contributed by atoms with E-state index in [0.29, 0.717) is 5.70 Å². The van der Waals surface area contributed by atoms with Crippen molar-refractivity contribution in [3.63, 3.8) is 0 Å². The van der Waals surface area contributed by atoms with Crippen LogP contribution in [-0.2, 0) is 4.74 Å². The quantitative estimate of drug-likeness (QED) is 0.586. The van der Waals surface area contributed by atoms with E-state index < -0.39 is 11.7 Å². The number of rotatable bonds is 4. The van der Waals surface area contributed by atoms with Crippen molar-refractivity contribution in [1.82, 2.24) is 10.2 Å². The van der Waals surface area contributed by atoms with Gasteiger partial charge in [-0.1, -0.05) is 6.58 Å². The Balaban J connectivity index is 3.89. The summed E-state index contributed by atoms with van der Waals surface area (Å²) in [6.45, 7) is 9.41. The molecule has 0 radical (unpaired) electrons. The van der Waals surface area contributed by atoms with E-state index in [1.807, 2.05) is 34.9 Å². The molecule has 0 unspecified atom stereocenters. The van der Waals surface area contributed by atoms with Crippen molar-refractivity contribution >= 4 is 12.4 Å². The molecule has 0 aromatic carbocycles. The van der Waals surface area contributed by atoms with Gasteiger partial charge in [-0.2, -0.15) is 0 Å². The molecule has 0 saturated carbocycles. The molecule has 16 heavy (non-hydrogen) atoms. The van der Waals surface area contributed by atoms with Crippen molar-refractivity contribution < 1.29 is 9.53 Å². The van der Waals surface area contributed by atoms with Crippen LogP contribution >= 0.6 is 0 Å². The number of ether oxygens (including phenoxy) is 1. The first kappa shape index (κ1) is 14.5. The van der Waals surface area contributed by atoms with Crippen LogP contribution in [0, 0.1) is 0 Å². The molecule has 0 spiro atoms. The zero-order valence-electron chi connectivity index (χ0n) is 10.7. The minimum absolute atomic E-state index is 0.277. The van der Waals surface area contributed by atoms with Crippen LogP contribution in [0.25, 0.3) is 0 Å². The number of alkyl carbamates (subject to hydrolysis) is 1. The SMILES string of the molecule is C=C(CNC(=O)OC(C)(C)C)/N=C\N(C)C. The predicted octanol–water partition coefficient (Wildman–Crippen LogP) is 1.61. The second-order valence-corrected chi connectivity index (χ2v) is 4.63. The lowest BCUT2D eigenvalue weighted by Gasteiger charge is -2.19. The summed E-state index contributed by atoms with van der Waals surface area (Å²) in [5, 5.41) is 2.57. The summed E-state index contributed by atoms with van der Waals surface area (Å²) in [4.78, 5) is 17.1. The van der Waals surface area contributed by atoms with E-state index in [-0.39, 0.29) is 6.54 Å². The summed E-state index contributed by atoms with van der Waals surface area (Å²) < 4.78 is 5.06. The van der Waals surface area contributed by atoms with Crippen molar-refractivity contribution in [2.24, 2.45) is 4.99 Å². The summed E-state index contributed by atoms with van der Waals surface area (Å²) >= 11 is 0. The Morgan fingerprint density at radius 1 is 1.50 bits per heavy atom. The van der Waals surface area contributed by atoms with Gasteiger partial charge in [-0.05, 0) is 20.8 Å². The maximum atomic E-state index is 11.3. The number of hydrogen-bond acceptors (Lipinski definition) is 3. The molecule has 0 fully saturated rings. The van der Waals surface area contributed by atoms with Gasteiger partial charge >= 0.3 is 6.09 Å². The molecule has 0 aliphatic heterocycles. The maximum absolute atomic E-state index is 11.3. The number of carbonyl (C=O) groups is 1. The standard InChI is InChI=1S/C11H21N3O2/c1-9(13-8-14(5)6)7-12-10(15)16-11(2,3)4/h8H,1,7H2,2-6H3,(H,12,15)/b13-8-. The van der Waals surface area contributed by atoms with Gasteiger partial charge in [-0.3, -0.25) is 0 Å². The average Bonchev–Trinajstić information content (AvgIpc) is 2.08. The molecule has 1 N–H and O–H groups in total. The molecule has 0 aliphatic rings. The highest BCUT2D eigenvalue weighted by Gasteiger charge is 2.15. The van der Waals surface area contributed by atoms with E-state index in [1.165, 1.54) is 0 Å². The Morgan fingerprint density at radius 2 is 2.06 bits per heavy atom. The molecule has 0 bridgehead atoms. The van der Waals surface area contributed by atoms with E-state index in [9.17, 15) is 4.79 Å². The maximum Gasteiger partial charge on any atom is 0.407 e. The molecule has 1 amide bonds. The van der Waals surface area contributed by atoms with Crippen LogP contribution in [0.4, 0.5) is 4.79 Å². The summed E-state index contributed by atoms with van der Waals surface area (Å²) in [5.41, 5.74) is 0.0813. The third-order valence-corrected chi connectivity index (χ3v) is 1.31. The third-order valence-electron chi connectivity index (χ3n) is 1.31. The number of carbonyl (C=O) groups excluding carboxylic acids is 1. The highest BCUT2D eigenvalue weighted by atomic mass is 16.6. The van der Waals surface area contributed by atoms with E-state index in [0.717, 1.165) is 0 Å². The number of aliphatic imine (C=N–C) groups is 1. The average molecular weight is 227 g/mol. The van der Waals surface area contributed by atoms with Crippen molar-refractivity contribution in [2.75, 3.05) is 20.6 Å². The van der Waals surface area contributed by atoms with Crippen molar-refractivity contribution in [3.05, 3.63) is 12.3 Å². The monoisotopic (exact) mass is 227 g/mol. The Kier molecular flexibility index (Phi) is 5.56. The molecule has 5 heteroatoms. The molecule has 0 rings (SSSR count). The fourth-order valence-electron chi connectivity index (χ4n) is 0.731. The third kappa shape index (κ3) is 9.05. The lowest BCUT2D eigenvalue weighted by atomic mass is 10.2. The van der Waals surface area contributed by atoms with Crippen LogP contribution in [-0.4, -0.2) is 43.6 Å². The Bertz CT molecular complexity index is 277. The molecular formula is C11H21N3O2. The number of hydrogen-bond donors (Lipinski definition) is 1. The molecule has 0 saturated heterocycles. The Morgan fingerprint density at radius 3 is 2.50 bits per heavy atom. The first-order valence-electron chi connectivity index (χ1n) is 5.06. The lowest BCUT2D eigenvalue weighted by molar-refractivity contribution is 0.0532. The van der Waals surface area contributed by atoms with Gasteiger partial charge in [-0.25, -0.2) is 9.79 Å². The molecule has 0 atom stereocenters. The van der Waals surface area contributed by atoms with Crippen LogP contribution in [0.5, 0.6) is 0 Å².